The molecule has 7 rings (SSSR count). The summed E-state index contributed by atoms with van der Waals surface area (Å²) in [5.41, 5.74) is 5.27. The van der Waals surface area contributed by atoms with E-state index in [9.17, 15) is 22.8 Å². The first-order valence-electron chi connectivity index (χ1n) is 22.2. The van der Waals surface area contributed by atoms with Crippen molar-refractivity contribution in [2.24, 2.45) is 11.7 Å². The van der Waals surface area contributed by atoms with Crippen LogP contribution in [0.4, 0.5) is 19.0 Å². The Kier molecular flexibility index (Phi) is 14.1. The summed E-state index contributed by atoms with van der Waals surface area (Å²) in [6.45, 7) is 13.4. The summed E-state index contributed by atoms with van der Waals surface area (Å²) in [5.74, 6) is 0.153. The fraction of sp³-hybridized carbons (Fsp3) is 0.767. The normalized spacial score (nSPS) is 27.0. The van der Waals surface area contributed by atoms with Gasteiger partial charge < -0.3 is 40.9 Å². The number of alkyl halides is 3. The Bertz CT molecular complexity index is 1670. The van der Waals surface area contributed by atoms with Gasteiger partial charge in [-0.15, -0.1) is 0 Å². The van der Waals surface area contributed by atoms with E-state index in [1.165, 1.54) is 64.1 Å². The average molecular weight is 813 g/mol. The van der Waals surface area contributed by atoms with Crippen LogP contribution in [0.5, 0.6) is 0 Å². The number of unbranched alkanes of at least 4 members (excludes halogenated alkanes) is 1. The lowest BCUT2D eigenvalue weighted by atomic mass is 9.83. The van der Waals surface area contributed by atoms with Crippen LogP contribution >= 0.6 is 0 Å². The summed E-state index contributed by atoms with van der Waals surface area (Å²) in [6.07, 6.45) is 8.65. The maximum absolute atomic E-state index is 14.1. The van der Waals surface area contributed by atoms with Gasteiger partial charge in [-0.3, -0.25) is 9.59 Å². The SMILES string of the molecule is CC(C)N(C)[C@@H]1CC[C@H](N2CC[C@H](Nc3ncnc4ccc(C(F)(F)F)cc34)C2=O)[C@H](NC(=O)C2CCN(C3CCN(C4CCN(CCCCN)CC4)CC3)CC2)C1. The molecule has 15 heteroatoms. The molecular formula is C43H67F3N10O2. The smallest absolute Gasteiger partial charge is 0.358 e. The minimum atomic E-state index is -4.51. The molecule has 5 fully saturated rings. The van der Waals surface area contributed by atoms with E-state index in [2.05, 4.69) is 61.1 Å². The molecule has 1 saturated carbocycles. The summed E-state index contributed by atoms with van der Waals surface area (Å²) in [4.78, 5) is 48.8. The summed E-state index contributed by atoms with van der Waals surface area (Å²) in [6, 6.07) is 4.31. The molecule has 0 bridgehead atoms. The second kappa shape index (κ2) is 19.1. The number of aromatic nitrogens is 2. The highest BCUT2D eigenvalue weighted by molar-refractivity contribution is 5.93. The van der Waals surface area contributed by atoms with Gasteiger partial charge in [-0.1, -0.05) is 0 Å². The Morgan fingerprint density at radius 3 is 2.22 bits per heavy atom. The van der Waals surface area contributed by atoms with Crippen LogP contribution in [0, 0.1) is 5.92 Å². The molecule has 0 radical (unpaired) electrons. The molecule has 5 aliphatic rings. The molecular weight excluding hydrogens is 746 g/mol. The first-order valence-corrected chi connectivity index (χ1v) is 22.2. The number of fused-ring (bicyclic) bond motifs is 1. The molecule has 1 aliphatic carbocycles. The van der Waals surface area contributed by atoms with E-state index in [1.807, 2.05) is 4.90 Å². The van der Waals surface area contributed by atoms with Gasteiger partial charge in [0.15, 0.2) is 0 Å². The molecule has 12 nitrogen and oxygen atoms in total. The van der Waals surface area contributed by atoms with Gasteiger partial charge in [0.25, 0.3) is 0 Å². The molecule has 2 aromatic rings. The van der Waals surface area contributed by atoms with E-state index < -0.39 is 17.8 Å². The Labute approximate surface area is 342 Å². The number of rotatable bonds is 13. The third-order valence-electron chi connectivity index (χ3n) is 14.3. The lowest BCUT2D eigenvalue weighted by Crippen LogP contribution is -2.59. The van der Waals surface area contributed by atoms with Crippen LogP contribution in [0.1, 0.15) is 96.5 Å². The Morgan fingerprint density at radius 2 is 1.57 bits per heavy atom. The van der Waals surface area contributed by atoms with E-state index >= 15 is 0 Å². The van der Waals surface area contributed by atoms with Crippen molar-refractivity contribution in [2.45, 2.75) is 139 Å². The molecule has 1 aromatic heterocycles. The maximum Gasteiger partial charge on any atom is 0.416 e. The number of piperidine rings is 3. The van der Waals surface area contributed by atoms with Gasteiger partial charge in [-0.05, 0) is 169 Å². The van der Waals surface area contributed by atoms with Crippen LogP contribution < -0.4 is 16.4 Å². The topological polar surface area (TPSA) is 126 Å². The summed E-state index contributed by atoms with van der Waals surface area (Å²) in [7, 11) is 2.14. The average Bonchev–Trinajstić information content (AvgIpc) is 3.59. The van der Waals surface area contributed by atoms with Crippen molar-refractivity contribution in [3.63, 3.8) is 0 Å². The second-order valence-corrected chi connectivity index (χ2v) is 18.0. The number of halogens is 3. The lowest BCUT2D eigenvalue weighted by molar-refractivity contribution is -0.137. The Morgan fingerprint density at radius 1 is 0.897 bits per heavy atom. The third kappa shape index (κ3) is 10.1. The first kappa shape index (κ1) is 43.0. The maximum atomic E-state index is 14.1. The van der Waals surface area contributed by atoms with E-state index in [0.29, 0.717) is 36.6 Å². The molecule has 1 aromatic carbocycles. The van der Waals surface area contributed by atoms with Gasteiger partial charge in [-0.2, -0.15) is 13.2 Å². The number of nitrogens with one attached hydrogen (secondary N) is 2. The van der Waals surface area contributed by atoms with Crippen molar-refractivity contribution in [3.05, 3.63) is 30.1 Å². The van der Waals surface area contributed by atoms with Gasteiger partial charge >= 0.3 is 6.18 Å². The van der Waals surface area contributed by atoms with Gasteiger partial charge in [0, 0.05) is 42.0 Å². The fourth-order valence-corrected chi connectivity index (χ4v) is 10.6. The zero-order valence-electron chi connectivity index (χ0n) is 34.9. The van der Waals surface area contributed by atoms with Crippen LogP contribution in [0.25, 0.3) is 10.9 Å². The lowest BCUT2D eigenvalue weighted by Gasteiger charge is -2.46. The molecule has 0 unspecified atom stereocenters. The number of amides is 2. The van der Waals surface area contributed by atoms with E-state index in [-0.39, 0.29) is 47.1 Å². The minimum absolute atomic E-state index is 0.0495. The number of likely N-dealkylation sites (tertiary alicyclic amines) is 4. The van der Waals surface area contributed by atoms with Crippen LogP contribution in [-0.2, 0) is 15.8 Å². The molecule has 4 saturated heterocycles. The second-order valence-electron chi connectivity index (χ2n) is 18.0. The zero-order valence-corrected chi connectivity index (χ0v) is 34.9. The van der Waals surface area contributed by atoms with Gasteiger partial charge in [0.05, 0.1) is 23.2 Å². The number of benzene rings is 1. The van der Waals surface area contributed by atoms with Crippen LogP contribution in [0.3, 0.4) is 0 Å². The van der Waals surface area contributed by atoms with Gasteiger partial charge in [0.2, 0.25) is 11.8 Å². The van der Waals surface area contributed by atoms with Crippen molar-refractivity contribution in [1.29, 1.82) is 0 Å². The molecule has 4 aliphatic heterocycles. The highest BCUT2D eigenvalue weighted by atomic mass is 19.4. The van der Waals surface area contributed by atoms with Crippen molar-refractivity contribution < 1.29 is 22.8 Å². The van der Waals surface area contributed by atoms with Crippen molar-refractivity contribution in [2.75, 3.05) is 71.3 Å². The molecule has 4 atom stereocenters. The Balaban J connectivity index is 0.928. The largest absolute Gasteiger partial charge is 0.416 e. The quantitative estimate of drug-likeness (QED) is 0.244. The van der Waals surface area contributed by atoms with Crippen LogP contribution in [0.2, 0.25) is 0 Å². The van der Waals surface area contributed by atoms with E-state index in [1.54, 1.807) is 0 Å². The molecule has 5 heterocycles. The van der Waals surface area contributed by atoms with Crippen molar-refractivity contribution in [1.82, 2.24) is 39.8 Å². The Hall–Kier alpha value is -3.11. The fourth-order valence-electron chi connectivity index (χ4n) is 10.6. The van der Waals surface area contributed by atoms with Gasteiger partial charge in [-0.25, -0.2) is 9.97 Å². The summed E-state index contributed by atoms with van der Waals surface area (Å²) < 4.78 is 40.7. The number of carbonyl (C=O) groups is 2. The molecule has 0 spiro atoms. The predicted molar refractivity (Wildman–Crippen MR) is 221 cm³/mol. The molecule has 2 amide bonds. The molecule has 322 valence electrons. The standard InChI is InChI=1S/C43H67F3N10O2/c1-29(2)52(3)34-7-9-39(56-25-16-37(42(56)58)50-40-35-26-31(43(44,45)46)6-8-36(35)48-28-49-40)38(27-34)51-41(57)30-10-21-54(22-11-30)33-14-23-55(24-15-33)32-12-19-53(20-13-32)18-5-4-17-47/h6,8,26,28-30,32-34,37-39H,4-5,7,9-25,27,47H2,1-3H3,(H,51,57)(H,48,49,50)/t34-,37+,38-,39+/m1/s1. The van der Waals surface area contributed by atoms with Crippen LogP contribution in [0.15, 0.2) is 24.5 Å². The zero-order chi connectivity index (χ0) is 41.0. The molecule has 4 N–H and O–H groups in total. The number of hydrogen-bond acceptors (Lipinski definition) is 10. The first-order chi connectivity index (χ1) is 27.9. The van der Waals surface area contributed by atoms with Crippen molar-refractivity contribution >= 4 is 28.5 Å². The van der Waals surface area contributed by atoms with E-state index in [0.717, 1.165) is 83.4 Å². The van der Waals surface area contributed by atoms with Crippen LogP contribution in [-0.4, -0.2) is 155 Å². The summed E-state index contributed by atoms with van der Waals surface area (Å²) in [5, 5.41) is 6.88. The highest BCUT2D eigenvalue weighted by Gasteiger charge is 2.44. The highest BCUT2D eigenvalue weighted by Crippen LogP contribution is 2.35. The van der Waals surface area contributed by atoms with Crippen molar-refractivity contribution in [3.8, 4) is 0 Å². The predicted octanol–water partition coefficient (Wildman–Crippen LogP) is 4.79. The number of carbonyl (C=O) groups excluding carboxylic acids is 2. The number of anilines is 1. The summed E-state index contributed by atoms with van der Waals surface area (Å²) >= 11 is 0. The third-order valence-corrected chi connectivity index (χ3v) is 14.3. The minimum Gasteiger partial charge on any atom is -0.358 e. The molecule has 58 heavy (non-hydrogen) atoms. The number of nitrogens with zero attached hydrogens (tertiary/aromatic N) is 7. The van der Waals surface area contributed by atoms with E-state index in [4.69, 9.17) is 5.73 Å². The monoisotopic (exact) mass is 813 g/mol. The van der Waals surface area contributed by atoms with Gasteiger partial charge in [0.1, 0.15) is 18.2 Å². The number of hydrogen-bond donors (Lipinski definition) is 3. The number of nitrogens with two attached hydrogens (primary N) is 1.